The summed E-state index contributed by atoms with van der Waals surface area (Å²) in [6.45, 7) is 8.45. The van der Waals surface area contributed by atoms with Crippen molar-refractivity contribution in [2.75, 3.05) is 0 Å². The van der Waals surface area contributed by atoms with Crippen LogP contribution in [0.5, 0.6) is 0 Å². The Morgan fingerprint density at radius 1 is 0.739 bits per heavy atom. The molecule has 2 aromatic rings. The van der Waals surface area contributed by atoms with E-state index in [1.54, 1.807) is 0 Å². The summed E-state index contributed by atoms with van der Waals surface area (Å²) in [5.41, 5.74) is 5.12. The van der Waals surface area contributed by atoms with Crippen LogP contribution in [0.1, 0.15) is 48.2 Å². The first-order chi connectivity index (χ1) is 11.0. The highest BCUT2D eigenvalue weighted by Gasteiger charge is 2.44. The number of hydrogen-bond acceptors (Lipinski definition) is 1. The Balaban J connectivity index is 2.02. The lowest BCUT2D eigenvalue weighted by Gasteiger charge is -2.37. The molecule has 1 fully saturated rings. The second-order valence-electron chi connectivity index (χ2n) is 6.94. The summed E-state index contributed by atoms with van der Waals surface area (Å²) in [7, 11) is 0. The van der Waals surface area contributed by atoms with Gasteiger partial charge >= 0.3 is 0 Å². The summed E-state index contributed by atoms with van der Waals surface area (Å²) in [4.78, 5) is 12.9. The lowest BCUT2D eigenvalue weighted by Crippen LogP contribution is -2.91. The van der Waals surface area contributed by atoms with E-state index in [1.165, 1.54) is 22.3 Å². The van der Waals surface area contributed by atoms with Gasteiger partial charge in [-0.3, -0.25) is 4.79 Å². The molecule has 23 heavy (non-hydrogen) atoms. The summed E-state index contributed by atoms with van der Waals surface area (Å²) in [5, 5.41) is 2.42. The highest BCUT2D eigenvalue weighted by molar-refractivity contribution is 5.84. The van der Waals surface area contributed by atoms with E-state index in [0.717, 1.165) is 0 Å². The van der Waals surface area contributed by atoms with Crippen molar-refractivity contribution in [2.24, 2.45) is 11.8 Å². The fourth-order valence-corrected chi connectivity index (χ4v) is 3.99. The Morgan fingerprint density at radius 2 is 1.13 bits per heavy atom. The van der Waals surface area contributed by atoms with Crippen LogP contribution in [0.4, 0.5) is 0 Å². The molecule has 0 unspecified atom stereocenters. The van der Waals surface area contributed by atoms with E-state index in [9.17, 15) is 4.79 Å². The summed E-state index contributed by atoms with van der Waals surface area (Å²) >= 11 is 0. The Kier molecular flexibility index (Phi) is 4.36. The predicted molar refractivity (Wildman–Crippen MR) is 93.1 cm³/mol. The smallest absolute Gasteiger partial charge is 0.151 e. The van der Waals surface area contributed by atoms with Crippen molar-refractivity contribution in [1.82, 2.24) is 0 Å². The molecule has 3 rings (SSSR count). The Bertz CT molecular complexity index is 662. The van der Waals surface area contributed by atoms with Gasteiger partial charge in [0.15, 0.2) is 5.78 Å². The van der Waals surface area contributed by atoms with Crippen LogP contribution in [-0.2, 0) is 4.79 Å². The number of aryl methyl sites for hydroxylation is 2. The minimum absolute atomic E-state index is 0.0476. The van der Waals surface area contributed by atoms with Crippen molar-refractivity contribution in [3.63, 3.8) is 0 Å². The van der Waals surface area contributed by atoms with Gasteiger partial charge in [-0.15, -0.1) is 0 Å². The minimum Gasteiger partial charge on any atom is -0.333 e. The first kappa shape index (κ1) is 15.9. The third kappa shape index (κ3) is 2.84. The number of ketones is 1. The lowest BCUT2D eigenvalue weighted by molar-refractivity contribution is -0.748. The lowest BCUT2D eigenvalue weighted by atomic mass is 9.75. The Hall–Kier alpha value is -1.93. The number of hydrogen-bond donors (Lipinski definition) is 1. The topological polar surface area (TPSA) is 33.7 Å². The van der Waals surface area contributed by atoms with Crippen LogP contribution in [-0.4, -0.2) is 5.78 Å². The fraction of sp³-hybridized carbons (Fsp3) is 0.381. The monoisotopic (exact) mass is 308 g/mol. The zero-order valence-electron chi connectivity index (χ0n) is 14.4. The third-order valence-electron chi connectivity index (χ3n) is 5.48. The van der Waals surface area contributed by atoms with E-state index in [-0.39, 0.29) is 23.9 Å². The number of carbonyl (C=O) groups is 1. The van der Waals surface area contributed by atoms with Gasteiger partial charge in [0, 0.05) is 11.1 Å². The maximum Gasteiger partial charge on any atom is 0.151 e. The van der Waals surface area contributed by atoms with Crippen LogP contribution in [0.15, 0.2) is 48.5 Å². The second-order valence-corrected chi connectivity index (χ2v) is 6.94. The molecule has 2 heteroatoms. The molecule has 2 aromatic carbocycles. The van der Waals surface area contributed by atoms with E-state index >= 15 is 0 Å². The fourth-order valence-electron chi connectivity index (χ4n) is 3.99. The predicted octanol–water partition coefficient (Wildman–Crippen LogP) is 3.50. The van der Waals surface area contributed by atoms with Gasteiger partial charge in [-0.2, -0.15) is 0 Å². The van der Waals surface area contributed by atoms with E-state index < -0.39 is 0 Å². The largest absolute Gasteiger partial charge is 0.333 e. The normalized spacial score (nSPS) is 27.9. The highest BCUT2D eigenvalue weighted by Crippen LogP contribution is 2.34. The van der Waals surface area contributed by atoms with Gasteiger partial charge in [0.1, 0.15) is 12.1 Å². The van der Waals surface area contributed by atoms with Gasteiger partial charge < -0.3 is 5.32 Å². The van der Waals surface area contributed by atoms with Gasteiger partial charge in [-0.05, 0) is 38.8 Å². The van der Waals surface area contributed by atoms with Gasteiger partial charge in [-0.1, -0.05) is 48.5 Å². The van der Waals surface area contributed by atoms with Crippen LogP contribution >= 0.6 is 0 Å². The number of quaternary nitrogens is 1. The Labute approximate surface area is 138 Å². The third-order valence-corrected chi connectivity index (χ3v) is 5.48. The van der Waals surface area contributed by atoms with Crippen molar-refractivity contribution < 1.29 is 10.1 Å². The molecule has 1 heterocycles. The maximum atomic E-state index is 12.9. The first-order valence-corrected chi connectivity index (χ1v) is 8.50. The van der Waals surface area contributed by atoms with Crippen LogP contribution in [0.25, 0.3) is 0 Å². The SMILES string of the molecule is Cc1ccccc1[C@H]1[NH2+][C@@H](c2ccccc2C)[C@@H](C)C(=O)[C@H]1C. The van der Waals surface area contributed by atoms with E-state index in [2.05, 4.69) is 81.5 Å². The number of piperidine rings is 1. The number of carbonyl (C=O) groups excluding carboxylic acids is 1. The molecule has 2 nitrogen and oxygen atoms in total. The van der Waals surface area contributed by atoms with Crippen molar-refractivity contribution in [1.29, 1.82) is 0 Å². The summed E-state index contributed by atoms with van der Waals surface area (Å²) in [6.07, 6.45) is 0. The molecule has 0 amide bonds. The molecule has 0 aromatic heterocycles. The Morgan fingerprint density at radius 3 is 1.52 bits per heavy atom. The summed E-state index contributed by atoms with van der Waals surface area (Å²) in [6, 6.07) is 17.3. The average molecular weight is 308 g/mol. The van der Waals surface area contributed by atoms with Crippen LogP contribution in [0, 0.1) is 25.7 Å². The molecule has 1 aliphatic heterocycles. The van der Waals surface area contributed by atoms with E-state index in [0.29, 0.717) is 5.78 Å². The molecule has 0 radical (unpaired) electrons. The molecule has 2 N–H and O–H groups in total. The number of rotatable bonds is 2. The molecule has 4 atom stereocenters. The molecule has 120 valence electrons. The zero-order valence-corrected chi connectivity index (χ0v) is 14.4. The standard InChI is InChI=1S/C21H25NO/c1-13-9-5-7-11-17(13)19-15(3)21(23)16(4)20(22-19)18-12-8-6-10-14(18)2/h5-12,15-16,19-20,22H,1-4H3/p+1/t15-,16+,19-,20+. The van der Waals surface area contributed by atoms with Gasteiger partial charge in [-0.25, -0.2) is 0 Å². The van der Waals surface area contributed by atoms with Crippen molar-refractivity contribution in [3.8, 4) is 0 Å². The molecule has 1 aliphatic rings. The molecule has 0 saturated carbocycles. The van der Waals surface area contributed by atoms with Gasteiger partial charge in [0.05, 0.1) is 11.8 Å². The molecule has 0 spiro atoms. The van der Waals surface area contributed by atoms with Crippen molar-refractivity contribution in [2.45, 2.75) is 39.8 Å². The summed E-state index contributed by atoms with van der Waals surface area (Å²) in [5.74, 6) is 0.478. The van der Waals surface area contributed by atoms with Crippen molar-refractivity contribution >= 4 is 5.78 Å². The average Bonchev–Trinajstić information content (AvgIpc) is 2.55. The number of benzene rings is 2. The number of Topliss-reactive ketones (excluding diaryl/α,β-unsaturated/α-hetero) is 1. The van der Waals surface area contributed by atoms with Gasteiger partial charge in [0.2, 0.25) is 0 Å². The summed E-state index contributed by atoms with van der Waals surface area (Å²) < 4.78 is 0. The van der Waals surface area contributed by atoms with E-state index in [1.807, 2.05) is 0 Å². The second kappa shape index (κ2) is 6.29. The maximum absolute atomic E-state index is 12.9. The number of nitrogens with two attached hydrogens (primary N) is 1. The minimum atomic E-state index is 0.0476. The van der Waals surface area contributed by atoms with Crippen LogP contribution in [0.3, 0.4) is 0 Å². The molecular weight excluding hydrogens is 282 g/mol. The van der Waals surface area contributed by atoms with E-state index in [4.69, 9.17) is 0 Å². The van der Waals surface area contributed by atoms with Crippen LogP contribution in [0.2, 0.25) is 0 Å². The first-order valence-electron chi connectivity index (χ1n) is 8.50. The van der Waals surface area contributed by atoms with Crippen LogP contribution < -0.4 is 5.32 Å². The zero-order chi connectivity index (χ0) is 16.6. The van der Waals surface area contributed by atoms with Gasteiger partial charge in [0.25, 0.3) is 0 Å². The molecule has 0 bridgehead atoms. The molecular formula is C21H26NO+. The molecule has 1 saturated heterocycles. The quantitative estimate of drug-likeness (QED) is 0.905. The van der Waals surface area contributed by atoms with Crippen molar-refractivity contribution in [3.05, 3.63) is 70.8 Å². The highest BCUT2D eigenvalue weighted by atomic mass is 16.1. The molecule has 0 aliphatic carbocycles.